The van der Waals surface area contributed by atoms with Gasteiger partial charge in [0.1, 0.15) is 0 Å². The topological polar surface area (TPSA) is 67.9 Å². The lowest BCUT2D eigenvalue weighted by Crippen LogP contribution is -2.25. The van der Waals surface area contributed by atoms with Crippen LogP contribution in [-0.4, -0.2) is 18.9 Å². The summed E-state index contributed by atoms with van der Waals surface area (Å²) in [6.45, 7) is 1.21. The van der Waals surface area contributed by atoms with Crippen LogP contribution < -0.4 is 4.90 Å². The summed E-state index contributed by atoms with van der Waals surface area (Å²) in [7, 11) is 0. The van der Waals surface area contributed by atoms with Crippen molar-refractivity contribution >= 4 is 17.5 Å². The molecule has 0 bridgehead atoms. The molecule has 3 rings (SSSR count). The second kappa shape index (κ2) is 8.14. The normalized spacial score (nSPS) is 13.9. The summed E-state index contributed by atoms with van der Waals surface area (Å²) in [5.41, 5.74) is 4.66. The molecule has 0 unspecified atom stereocenters. The Balaban J connectivity index is 1.76. The monoisotopic (exact) mass is 341 g/mol. The lowest BCUT2D eigenvalue weighted by molar-refractivity contribution is 0.104. The summed E-state index contributed by atoms with van der Waals surface area (Å²) in [4.78, 5) is 14.5. The standard InChI is InChI=1S/C22H19N3O/c23-11-3-13-25(14-4-12-24)20-9-7-17(8-10-20)15-19-16-18-5-1-2-6-21(18)22(19)26/h1-2,5-10,15H,3-4,13-14,16H2. The molecule has 1 aliphatic carbocycles. The number of benzene rings is 2. The molecule has 0 spiro atoms. The number of rotatable bonds is 6. The molecule has 2 aromatic carbocycles. The first-order valence-electron chi connectivity index (χ1n) is 8.65. The van der Waals surface area contributed by atoms with Gasteiger partial charge in [0, 0.05) is 36.3 Å². The number of carbonyl (C=O) groups excluding carboxylic acids is 1. The van der Waals surface area contributed by atoms with Gasteiger partial charge in [-0.15, -0.1) is 0 Å². The molecule has 0 aromatic heterocycles. The molecule has 0 radical (unpaired) electrons. The van der Waals surface area contributed by atoms with E-state index in [0.29, 0.717) is 32.4 Å². The Kier molecular flexibility index (Phi) is 5.46. The third-order valence-electron chi connectivity index (χ3n) is 4.52. The van der Waals surface area contributed by atoms with Crippen LogP contribution in [0, 0.1) is 22.7 Å². The molecule has 0 saturated carbocycles. The largest absolute Gasteiger partial charge is 0.369 e. The molecule has 0 amide bonds. The number of hydrogen-bond acceptors (Lipinski definition) is 4. The van der Waals surface area contributed by atoms with Crippen LogP contribution in [0.25, 0.3) is 6.08 Å². The lowest BCUT2D eigenvalue weighted by atomic mass is 10.1. The maximum absolute atomic E-state index is 12.5. The number of allylic oxidation sites excluding steroid dienone is 1. The summed E-state index contributed by atoms with van der Waals surface area (Å²) in [5, 5.41) is 17.6. The van der Waals surface area contributed by atoms with Gasteiger partial charge in [-0.3, -0.25) is 4.79 Å². The van der Waals surface area contributed by atoms with Crippen LogP contribution in [0.4, 0.5) is 5.69 Å². The highest BCUT2D eigenvalue weighted by Crippen LogP contribution is 2.28. The van der Waals surface area contributed by atoms with Gasteiger partial charge in [0.15, 0.2) is 5.78 Å². The fourth-order valence-corrected chi connectivity index (χ4v) is 3.19. The summed E-state index contributed by atoms with van der Waals surface area (Å²) in [6.07, 6.45) is 3.46. The van der Waals surface area contributed by atoms with Crippen LogP contribution in [0.2, 0.25) is 0 Å². The highest BCUT2D eigenvalue weighted by molar-refractivity contribution is 6.15. The molecule has 0 saturated heterocycles. The van der Waals surface area contributed by atoms with Crippen LogP contribution in [0.1, 0.15) is 34.3 Å². The molecule has 4 nitrogen and oxygen atoms in total. The zero-order valence-corrected chi connectivity index (χ0v) is 14.5. The number of nitriles is 2. The van der Waals surface area contributed by atoms with E-state index in [-0.39, 0.29) is 5.78 Å². The quantitative estimate of drug-likeness (QED) is 0.741. The Morgan fingerprint density at radius 1 is 0.962 bits per heavy atom. The number of nitrogens with zero attached hydrogens (tertiary/aromatic N) is 3. The minimum absolute atomic E-state index is 0.106. The summed E-state index contributed by atoms with van der Waals surface area (Å²) < 4.78 is 0. The van der Waals surface area contributed by atoms with E-state index in [1.807, 2.05) is 59.5 Å². The van der Waals surface area contributed by atoms with Crippen molar-refractivity contribution in [2.75, 3.05) is 18.0 Å². The molecular formula is C22H19N3O. The first-order chi connectivity index (χ1) is 12.7. The Labute approximate surface area is 153 Å². The molecule has 1 aliphatic rings. The Hall–Kier alpha value is -3.37. The van der Waals surface area contributed by atoms with Gasteiger partial charge in [0.25, 0.3) is 0 Å². The average molecular weight is 341 g/mol. The smallest absolute Gasteiger partial charge is 0.189 e. The van der Waals surface area contributed by atoms with Gasteiger partial charge in [0.2, 0.25) is 0 Å². The Bertz CT molecular complexity index is 896. The maximum atomic E-state index is 12.5. The van der Waals surface area contributed by atoms with Crippen molar-refractivity contribution in [1.82, 2.24) is 0 Å². The van der Waals surface area contributed by atoms with Crippen molar-refractivity contribution in [2.24, 2.45) is 0 Å². The van der Waals surface area contributed by atoms with Crippen molar-refractivity contribution < 1.29 is 4.79 Å². The zero-order valence-electron chi connectivity index (χ0n) is 14.5. The second-order valence-corrected chi connectivity index (χ2v) is 6.23. The van der Waals surface area contributed by atoms with E-state index in [0.717, 1.165) is 28.0 Å². The number of anilines is 1. The lowest BCUT2D eigenvalue weighted by Gasteiger charge is -2.22. The van der Waals surface area contributed by atoms with Gasteiger partial charge in [-0.2, -0.15) is 10.5 Å². The van der Waals surface area contributed by atoms with Gasteiger partial charge in [-0.25, -0.2) is 0 Å². The Morgan fingerprint density at radius 3 is 2.23 bits per heavy atom. The first-order valence-corrected chi connectivity index (χ1v) is 8.65. The molecule has 0 heterocycles. The fourth-order valence-electron chi connectivity index (χ4n) is 3.19. The van der Waals surface area contributed by atoms with Crippen molar-refractivity contribution in [3.8, 4) is 12.1 Å². The zero-order chi connectivity index (χ0) is 18.4. The number of Topliss-reactive ketones (excluding diaryl/α,β-unsaturated/α-hetero) is 1. The van der Waals surface area contributed by atoms with E-state index in [4.69, 9.17) is 10.5 Å². The third kappa shape index (κ3) is 3.82. The van der Waals surface area contributed by atoms with Gasteiger partial charge < -0.3 is 4.90 Å². The summed E-state index contributed by atoms with van der Waals surface area (Å²) in [5.74, 6) is 0.106. The van der Waals surface area contributed by atoms with Crippen molar-refractivity contribution in [1.29, 1.82) is 10.5 Å². The van der Waals surface area contributed by atoms with E-state index in [1.54, 1.807) is 0 Å². The molecule has 0 atom stereocenters. The molecule has 0 fully saturated rings. The van der Waals surface area contributed by atoms with Crippen LogP contribution >= 0.6 is 0 Å². The minimum atomic E-state index is 0.106. The number of fused-ring (bicyclic) bond motifs is 1. The van der Waals surface area contributed by atoms with Crippen LogP contribution in [-0.2, 0) is 6.42 Å². The molecule has 0 aliphatic heterocycles. The van der Waals surface area contributed by atoms with E-state index in [9.17, 15) is 4.79 Å². The van der Waals surface area contributed by atoms with E-state index >= 15 is 0 Å². The van der Waals surface area contributed by atoms with Crippen LogP contribution in [0.3, 0.4) is 0 Å². The molecule has 128 valence electrons. The summed E-state index contributed by atoms with van der Waals surface area (Å²) in [6, 6.07) is 19.9. The fraction of sp³-hybridized carbons (Fsp3) is 0.227. The molecular weight excluding hydrogens is 322 g/mol. The van der Waals surface area contributed by atoms with Gasteiger partial charge in [0.05, 0.1) is 25.0 Å². The van der Waals surface area contributed by atoms with E-state index < -0.39 is 0 Å². The number of ketones is 1. The molecule has 26 heavy (non-hydrogen) atoms. The van der Waals surface area contributed by atoms with Gasteiger partial charge in [-0.05, 0) is 29.3 Å². The first kappa shape index (κ1) is 17.5. The summed E-state index contributed by atoms with van der Waals surface area (Å²) >= 11 is 0. The average Bonchev–Trinajstić information content (AvgIpc) is 2.99. The predicted molar refractivity (Wildman–Crippen MR) is 102 cm³/mol. The predicted octanol–water partition coefficient (Wildman–Crippen LogP) is 4.14. The van der Waals surface area contributed by atoms with Crippen molar-refractivity contribution in [3.63, 3.8) is 0 Å². The van der Waals surface area contributed by atoms with Gasteiger partial charge >= 0.3 is 0 Å². The van der Waals surface area contributed by atoms with Gasteiger partial charge in [-0.1, -0.05) is 36.4 Å². The van der Waals surface area contributed by atoms with Crippen LogP contribution in [0.15, 0.2) is 54.1 Å². The number of hydrogen-bond donors (Lipinski definition) is 0. The van der Waals surface area contributed by atoms with E-state index in [2.05, 4.69) is 12.1 Å². The SMILES string of the molecule is N#CCCN(CCC#N)c1ccc(C=C2Cc3ccccc3C2=O)cc1. The van der Waals surface area contributed by atoms with Crippen molar-refractivity contribution in [2.45, 2.75) is 19.3 Å². The third-order valence-corrected chi connectivity index (χ3v) is 4.52. The number of carbonyl (C=O) groups is 1. The van der Waals surface area contributed by atoms with Crippen LogP contribution in [0.5, 0.6) is 0 Å². The molecule has 2 aromatic rings. The Morgan fingerprint density at radius 2 is 1.62 bits per heavy atom. The highest BCUT2D eigenvalue weighted by atomic mass is 16.1. The highest BCUT2D eigenvalue weighted by Gasteiger charge is 2.23. The van der Waals surface area contributed by atoms with E-state index in [1.165, 1.54) is 0 Å². The second-order valence-electron chi connectivity index (χ2n) is 6.23. The van der Waals surface area contributed by atoms with Crippen molar-refractivity contribution in [3.05, 3.63) is 70.8 Å². The maximum Gasteiger partial charge on any atom is 0.189 e. The minimum Gasteiger partial charge on any atom is -0.369 e. The molecule has 0 N–H and O–H groups in total. The molecule has 4 heteroatoms.